The van der Waals surface area contributed by atoms with Gasteiger partial charge in [-0.15, -0.1) is 13.2 Å². The lowest BCUT2D eigenvalue weighted by Gasteiger charge is -2.31. The fraction of sp³-hybridized carbons (Fsp3) is 0.600. The minimum absolute atomic E-state index is 1.07. The van der Waals surface area contributed by atoms with Crippen molar-refractivity contribution in [3.63, 3.8) is 0 Å². The van der Waals surface area contributed by atoms with Crippen LogP contribution in [0.15, 0.2) is 24.9 Å². The summed E-state index contributed by atoms with van der Waals surface area (Å²) in [5.74, 6) is 0. The molecule has 0 saturated carbocycles. The van der Waals surface area contributed by atoms with Gasteiger partial charge in [0.25, 0.3) is 0 Å². The lowest BCUT2D eigenvalue weighted by molar-refractivity contribution is 0.553. The minimum Gasteiger partial charge on any atom is -0.453 e. The number of hydrogen-bond donors (Lipinski definition) is 0. The molecule has 0 amide bonds. The fourth-order valence-electron chi connectivity index (χ4n) is 1.25. The Morgan fingerprint density at radius 2 is 1.69 bits per heavy atom. The Bertz CT molecular complexity index is 185. The van der Waals surface area contributed by atoms with E-state index in [1.54, 1.807) is 0 Å². The molecule has 0 aliphatic carbocycles. The summed E-state index contributed by atoms with van der Waals surface area (Å²) >= 11 is 0. The van der Waals surface area contributed by atoms with Gasteiger partial charge in [0.1, 0.15) is 0 Å². The highest BCUT2D eigenvalue weighted by atomic mass is 28.4. The van der Waals surface area contributed by atoms with Crippen molar-refractivity contribution in [3.05, 3.63) is 24.9 Å². The van der Waals surface area contributed by atoms with E-state index in [2.05, 4.69) is 39.3 Å². The van der Waals surface area contributed by atoms with Crippen LogP contribution in [0, 0.1) is 0 Å². The van der Waals surface area contributed by atoms with Gasteiger partial charge in [-0.25, -0.2) is 0 Å². The van der Waals surface area contributed by atoms with Gasteiger partial charge >= 0.3 is 0 Å². The van der Waals surface area contributed by atoms with Crippen molar-refractivity contribution in [1.82, 2.24) is 0 Å². The van der Waals surface area contributed by atoms with E-state index >= 15 is 0 Å². The van der Waals surface area contributed by atoms with E-state index in [-0.39, 0.29) is 0 Å². The zero-order valence-corrected chi connectivity index (χ0v) is 11.4. The zero-order valence-electron chi connectivity index (χ0n) is 9.39. The first kappa shape index (κ1) is 12.9. The fourth-order valence-corrected chi connectivity index (χ4v) is 8.59. The van der Waals surface area contributed by atoms with Crippen LogP contribution in [0.3, 0.4) is 0 Å². The van der Waals surface area contributed by atoms with Crippen molar-refractivity contribution in [2.75, 3.05) is 0 Å². The Labute approximate surface area is 84.8 Å². The molecule has 0 aromatic heterocycles. The van der Waals surface area contributed by atoms with E-state index in [9.17, 15) is 0 Å². The highest BCUT2D eigenvalue weighted by molar-refractivity contribution is 6.87. The molecular weight excluding hydrogens is 192 g/mol. The van der Waals surface area contributed by atoms with Crippen molar-refractivity contribution < 1.29 is 4.12 Å². The molecule has 13 heavy (non-hydrogen) atoms. The van der Waals surface area contributed by atoms with E-state index in [0.717, 1.165) is 6.42 Å². The molecule has 0 aliphatic heterocycles. The molecule has 0 atom stereocenters. The molecule has 0 fully saturated rings. The normalized spacial score (nSPS) is 12.6. The van der Waals surface area contributed by atoms with Crippen molar-refractivity contribution >= 4 is 16.6 Å². The van der Waals surface area contributed by atoms with Gasteiger partial charge in [0.05, 0.1) is 0 Å². The van der Waals surface area contributed by atoms with Crippen LogP contribution in [-0.2, 0) is 4.12 Å². The quantitative estimate of drug-likeness (QED) is 0.484. The average Bonchev–Trinajstić information content (AvgIpc) is 1.99. The maximum absolute atomic E-state index is 6.19. The third kappa shape index (κ3) is 6.01. The van der Waals surface area contributed by atoms with Crippen LogP contribution in [-0.4, -0.2) is 16.6 Å². The molecule has 0 heterocycles. The highest BCUT2D eigenvalue weighted by Crippen LogP contribution is 2.20. The lowest BCUT2D eigenvalue weighted by atomic mass is 10.5. The summed E-state index contributed by atoms with van der Waals surface area (Å²) in [5, 5.41) is 0. The van der Waals surface area contributed by atoms with Crippen molar-refractivity contribution in [1.29, 1.82) is 0 Å². The van der Waals surface area contributed by atoms with Crippen LogP contribution >= 0.6 is 0 Å². The summed E-state index contributed by atoms with van der Waals surface area (Å²) in [6.45, 7) is 16.5. The molecule has 0 N–H and O–H groups in total. The first-order chi connectivity index (χ1) is 5.83. The lowest BCUT2D eigenvalue weighted by Crippen LogP contribution is -2.42. The molecule has 3 heteroatoms. The zero-order chi connectivity index (χ0) is 10.5. The van der Waals surface area contributed by atoms with Gasteiger partial charge in [0.2, 0.25) is 0 Å². The number of rotatable bonds is 6. The molecule has 0 aromatic rings. The number of allylic oxidation sites excluding steroid dienone is 1. The predicted molar refractivity (Wildman–Crippen MR) is 65.9 cm³/mol. The number of hydrogen-bond acceptors (Lipinski definition) is 1. The van der Waals surface area contributed by atoms with Gasteiger partial charge in [0, 0.05) is 0 Å². The molecule has 0 radical (unpaired) electrons. The molecular formula is C10H22OSi2. The van der Waals surface area contributed by atoms with Crippen LogP contribution in [0.4, 0.5) is 0 Å². The first-order valence-corrected chi connectivity index (χ1v) is 10.9. The summed E-state index contributed by atoms with van der Waals surface area (Å²) in [7, 11) is -3.03. The second-order valence-electron chi connectivity index (χ2n) is 4.50. The molecule has 1 nitrogen and oxygen atoms in total. The molecule has 0 aromatic carbocycles. The maximum atomic E-state index is 6.19. The van der Waals surface area contributed by atoms with Gasteiger partial charge in [-0.3, -0.25) is 0 Å². The van der Waals surface area contributed by atoms with Crippen molar-refractivity contribution in [3.8, 4) is 0 Å². The molecule has 0 aliphatic rings. The third-order valence-corrected chi connectivity index (χ3v) is 8.77. The smallest absolute Gasteiger partial charge is 0.197 e. The predicted octanol–water partition coefficient (Wildman–Crippen LogP) is 3.71. The minimum atomic E-state index is -1.57. The standard InChI is InChI=1S/C10H22OSi2/c1-7-9-10-13(5,6)11-12(3,4)8-2/h7-8H,1-2,9-10H2,3-6H3. The van der Waals surface area contributed by atoms with E-state index in [0.29, 0.717) is 0 Å². The first-order valence-electron chi connectivity index (χ1n) is 4.78. The molecule has 0 saturated heterocycles. The third-order valence-electron chi connectivity index (χ3n) is 1.98. The SMILES string of the molecule is C=CCC[Si](C)(C)O[Si](C)(C)C=C. The van der Waals surface area contributed by atoms with Gasteiger partial charge < -0.3 is 4.12 Å². The summed E-state index contributed by atoms with van der Waals surface area (Å²) in [6, 6.07) is 1.17. The van der Waals surface area contributed by atoms with Gasteiger partial charge in [0.15, 0.2) is 16.6 Å². The van der Waals surface area contributed by atoms with Crippen molar-refractivity contribution in [2.45, 2.75) is 38.7 Å². The Balaban J connectivity index is 4.14. The molecule has 0 bridgehead atoms. The van der Waals surface area contributed by atoms with Crippen LogP contribution in [0.1, 0.15) is 6.42 Å². The van der Waals surface area contributed by atoms with E-state index in [1.807, 2.05) is 11.8 Å². The Morgan fingerprint density at radius 3 is 2.08 bits per heavy atom. The van der Waals surface area contributed by atoms with Gasteiger partial charge in [-0.2, -0.15) is 0 Å². The van der Waals surface area contributed by atoms with Crippen molar-refractivity contribution in [2.24, 2.45) is 0 Å². The van der Waals surface area contributed by atoms with Gasteiger partial charge in [-0.05, 0) is 38.7 Å². The van der Waals surface area contributed by atoms with E-state index < -0.39 is 16.6 Å². The van der Waals surface area contributed by atoms with Gasteiger partial charge in [-0.1, -0.05) is 11.8 Å². The topological polar surface area (TPSA) is 9.23 Å². The van der Waals surface area contributed by atoms with Crippen LogP contribution in [0.25, 0.3) is 0 Å². The summed E-state index contributed by atoms with van der Waals surface area (Å²) in [6.07, 6.45) is 3.04. The summed E-state index contributed by atoms with van der Waals surface area (Å²) < 4.78 is 6.19. The second kappa shape index (κ2) is 4.93. The average molecular weight is 214 g/mol. The monoisotopic (exact) mass is 214 g/mol. The molecule has 76 valence electrons. The molecule has 0 spiro atoms. The molecule has 0 rings (SSSR count). The maximum Gasteiger partial charge on any atom is 0.197 e. The largest absolute Gasteiger partial charge is 0.453 e. The van der Waals surface area contributed by atoms with E-state index in [4.69, 9.17) is 4.12 Å². The second-order valence-corrected chi connectivity index (χ2v) is 12.9. The summed E-state index contributed by atoms with van der Waals surface area (Å²) in [5.41, 5.74) is 2.01. The Morgan fingerprint density at radius 1 is 1.15 bits per heavy atom. The molecule has 0 unspecified atom stereocenters. The van der Waals surface area contributed by atoms with Crippen LogP contribution in [0.5, 0.6) is 0 Å². The van der Waals surface area contributed by atoms with Crippen LogP contribution in [0.2, 0.25) is 32.2 Å². The Hall–Kier alpha value is -0.126. The van der Waals surface area contributed by atoms with E-state index in [1.165, 1.54) is 6.04 Å². The highest BCUT2D eigenvalue weighted by Gasteiger charge is 2.29. The van der Waals surface area contributed by atoms with Crippen LogP contribution < -0.4 is 0 Å². The Kier molecular flexibility index (Phi) is 4.88. The summed E-state index contributed by atoms with van der Waals surface area (Å²) in [4.78, 5) is 0.